The lowest BCUT2D eigenvalue weighted by Crippen LogP contribution is -2.24. The van der Waals surface area contributed by atoms with Gasteiger partial charge in [-0.3, -0.25) is 9.59 Å². The number of nitrogens with one attached hydrogen (secondary N) is 1. The zero-order valence-corrected chi connectivity index (χ0v) is 16.7. The molecule has 2 aliphatic heterocycles. The molecule has 4 nitrogen and oxygen atoms in total. The fourth-order valence-electron chi connectivity index (χ4n) is 3.34. The van der Waals surface area contributed by atoms with Crippen molar-refractivity contribution in [2.24, 2.45) is 0 Å². The SMILES string of the molecule is O=C(NCc1ccc(N2CCCC2=O)cc1)c1ccc(C2SCCS2)cc1. The van der Waals surface area contributed by atoms with E-state index >= 15 is 0 Å². The van der Waals surface area contributed by atoms with Crippen molar-refractivity contribution in [3.05, 3.63) is 65.2 Å². The third-order valence-corrected chi connectivity index (χ3v) is 7.95. The Kier molecular flexibility index (Phi) is 5.74. The number of amides is 2. The number of anilines is 1. The molecule has 1 N–H and O–H groups in total. The highest BCUT2D eigenvalue weighted by Crippen LogP contribution is 2.45. The van der Waals surface area contributed by atoms with Gasteiger partial charge in [0, 0.05) is 42.3 Å². The number of carbonyl (C=O) groups excluding carboxylic acids is 2. The highest BCUT2D eigenvalue weighted by molar-refractivity contribution is 8.19. The molecule has 2 fully saturated rings. The van der Waals surface area contributed by atoms with Crippen LogP contribution < -0.4 is 10.2 Å². The van der Waals surface area contributed by atoms with Crippen molar-refractivity contribution in [2.75, 3.05) is 23.0 Å². The van der Waals surface area contributed by atoms with Crippen LogP contribution in [0.2, 0.25) is 0 Å². The van der Waals surface area contributed by atoms with Gasteiger partial charge in [-0.1, -0.05) is 24.3 Å². The molecule has 0 bridgehead atoms. The zero-order valence-electron chi connectivity index (χ0n) is 15.0. The van der Waals surface area contributed by atoms with Gasteiger partial charge in [0.25, 0.3) is 5.91 Å². The lowest BCUT2D eigenvalue weighted by molar-refractivity contribution is -0.117. The Bertz CT molecular complexity index is 815. The molecule has 0 aliphatic carbocycles. The van der Waals surface area contributed by atoms with E-state index < -0.39 is 0 Å². The lowest BCUT2D eigenvalue weighted by atomic mass is 10.1. The maximum Gasteiger partial charge on any atom is 0.251 e. The van der Waals surface area contributed by atoms with Crippen LogP contribution in [-0.2, 0) is 11.3 Å². The van der Waals surface area contributed by atoms with Crippen molar-refractivity contribution >= 4 is 41.0 Å². The number of hydrogen-bond donors (Lipinski definition) is 1. The van der Waals surface area contributed by atoms with E-state index in [0.29, 0.717) is 23.1 Å². The summed E-state index contributed by atoms with van der Waals surface area (Å²) >= 11 is 3.93. The van der Waals surface area contributed by atoms with Crippen LogP contribution in [-0.4, -0.2) is 29.9 Å². The summed E-state index contributed by atoms with van der Waals surface area (Å²) in [5, 5.41) is 2.97. The predicted octanol–water partition coefficient (Wildman–Crippen LogP) is 4.22. The molecule has 6 heteroatoms. The minimum atomic E-state index is -0.0629. The maximum atomic E-state index is 12.4. The number of nitrogens with zero attached hydrogens (tertiary/aromatic N) is 1. The van der Waals surface area contributed by atoms with E-state index in [1.807, 2.05) is 64.8 Å². The summed E-state index contributed by atoms with van der Waals surface area (Å²) in [7, 11) is 0. The highest BCUT2D eigenvalue weighted by atomic mass is 32.2. The zero-order chi connectivity index (χ0) is 18.6. The quantitative estimate of drug-likeness (QED) is 0.819. The first-order valence-electron chi connectivity index (χ1n) is 9.21. The molecule has 0 atom stereocenters. The molecule has 140 valence electrons. The molecular formula is C21H22N2O2S2. The summed E-state index contributed by atoms with van der Waals surface area (Å²) in [5.74, 6) is 2.52. The molecule has 2 aliphatic rings. The molecule has 2 heterocycles. The molecule has 2 aromatic carbocycles. The normalized spacial score (nSPS) is 17.5. The number of hydrogen-bond acceptors (Lipinski definition) is 4. The van der Waals surface area contributed by atoms with E-state index in [1.54, 1.807) is 0 Å². The van der Waals surface area contributed by atoms with Gasteiger partial charge in [-0.15, -0.1) is 23.5 Å². The second-order valence-corrected chi connectivity index (χ2v) is 9.42. The molecule has 2 saturated heterocycles. The monoisotopic (exact) mass is 398 g/mol. The van der Waals surface area contributed by atoms with Gasteiger partial charge in [-0.2, -0.15) is 0 Å². The van der Waals surface area contributed by atoms with E-state index in [-0.39, 0.29) is 11.8 Å². The molecule has 4 rings (SSSR count). The number of thioether (sulfide) groups is 2. The van der Waals surface area contributed by atoms with Crippen molar-refractivity contribution in [3.8, 4) is 0 Å². The van der Waals surface area contributed by atoms with Crippen LogP contribution in [0.25, 0.3) is 0 Å². The van der Waals surface area contributed by atoms with Crippen molar-refractivity contribution in [2.45, 2.75) is 24.0 Å². The second-order valence-electron chi connectivity index (χ2n) is 6.69. The third-order valence-electron chi connectivity index (χ3n) is 4.84. The number of rotatable bonds is 5. The smallest absolute Gasteiger partial charge is 0.251 e. The largest absolute Gasteiger partial charge is 0.348 e. The summed E-state index contributed by atoms with van der Waals surface area (Å²) in [6.07, 6.45) is 1.56. The molecule has 0 saturated carbocycles. The van der Waals surface area contributed by atoms with Crippen LogP contribution in [0, 0.1) is 0 Å². The van der Waals surface area contributed by atoms with Crippen molar-refractivity contribution in [1.82, 2.24) is 5.32 Å². The second kappa shape index (κ2) is 8.40. The Balaban J connectivity index is 1.32. The van der Waals surface area contributed by atoms with Crippen molar-refractivity contribution in [1.29, 1.82) is 0 Å². The molecular weight excluding hydrogens is 376 g/mol. The maximum absolute atomic E-state index is 12.4. The molecule has 2 amide bonds. The van der Waals surface area contributed by atoms with Gasteiger partial charge in [-0.25, -0.2) is 0 Å². The van der Waals surface area contributed by atoms with Crippen LogP contribution in [0.4, 0.5) is 5.69 Å². The van der Waals surface area contributed by atoms with Crippen LogP contribution in [0.3, 0.4) is 0 Å². The molecule has 0 unspecified atom stereocenters. The van der Waals surface area contributed by atoms with E-state index in [1.165, 1.54) is 17.1 Å². The minimum absolute atomic E-state index is 0.0629. The first-order chi connectivity index (χ1) is 13.2. The summed E-state index contributed by atoms with van der Waals surface area (Å²) in [4.78, 5) is 26.0. The van der Waals surface area contributed by atoms with Crippen molar-refractivity contribution < 1.29 is 9.59 Å². The van der Waals surface area contributed by atoms with Crippen LogP contribution in [0.15, 0.2) is 48.5 Å². The Labute approximate surface area is 168 Å². The first kappa shape index (κ1) is 18.4. The van der Waals surface area contributed by atoms with Gasteiger partial charge in [0.05, 0.1) is 4.58 Å². The highest BCUT2D eigenvalue weighted by Gasteiger charge is 2.21. The summed E-state index contributed by atoms with van der Waals surface area (Å²) in [5.41, 5.74) is 3.93. The molecule has 0 aromatic heterocycles. The summed E-state index contributed by atoms with van der Waals surface area (Å²) < 4.78 is 0.503. The van der Waals surface area contributed by atoms with E-state index in [9.17, 15) is 9.59 Å². The Morgan fingerprint density at radius 1 is 1.04 bits per heavy atom. The minimum Gasteiger partial charge on any atom is -0.348 e. The van der Waals surface area contributed by atoms with Crippen LogP contribution in [0.5, 0.6) is 0 Å². The van der Waals surface area contributed by atoms with Gasteiger partial charge in [-0.05, 0) is 41.8 Å². The summed E-state index contributed by atoms with van der Waals surface area (Å²) in [6.45, 7) is 1.27. The fraction of sp³-hybridized carbons (Fsp3) is 0.333. The Morgan fingerprint density at radius 2 is 1.74 bits per heavy atom. The predicted molar refractivity (Wildman–Crippen MR) is 113 cm³/mol. The first-order valence-corrected chi connectivity index (χ1v) is 11.3. The van der Waals surface area contributed by atoms with Crippen LogP contribution in [0.1, 0.15) is 38.9 Å². The molecule has 0 radical (unpaired) electrons. The van der Waals surface area contributed by atoms with E-state index in [0.717, 1.165) is 24.2 Å². The van der Waals surface area contributed by atoms with Gasteiger partial charge >= 0.3 is 0 Å². The number of carbonyl (C=O) groups is 2. The van der Waals surface area contributed by atoms with Gasteiger partial charge in [0.15, 0.2) is 0 Å². The molecule has 0 spiro atoms. The van der Waals surface area contributed by atoms with Gasteiger partial charge < -0.3 is 10.2 Å². The average Bonchev–Trinajstić information content (AvgIpc) is 3.39. The third kappa shape index (κ3) is 4.33. The lowest BCUT2D eigenvalue weighted by Gasteiger charge is -2.16. The number of benzene rings is 2. The summed E-state index contributed by atoms with van der Waals surface area (Å²) in [6, 6.07) is 15.8. The Morgan fingerprint density at radius 3 is 2.37 bits per heavy atom. The molecule has 2 aromatic rings. The van der Waals surface area contributed by atoms with E-state index in [2.05, 4.69) is 17.4 Å². The standard InChI is InChI=1S/C21H22N2O2S2/c24-19-2-1-11-23(19)18-9-3-15(4-10-18)14-22-20(25)16-5-7-17(8-6-16)21-26-12-13-27-21/h3-10,21H,1-2,11-14H2,(H,22,25). The van der Waals surface area contributed by atoms with E-state index in [4.69, 9.17) is 0 Å². The van der Waals surface area contributed by atoms with Crippen molar-refractivity contribution in [3.63, 3.8) is 0 Å². The molecule has 27 heavy (non-hydrogen) atoms. The van der Waals surface area contributed by atoms with Gasteiger partial charge in [0.1, 0.15) is 0 Å². The Hall–Kier alpha value is -1.92. The van der Waals surface area contributed by atoms with Gasteiger partial charge in [0.2, 0.25) is 5.91 Å². The average molecular weight is 399 g/mol. The topological polar surface area (TPSA) is 49.4 Å². The fourth-order valence-corrected chi connectivity index (χ4v) is 6.20. The van der Waals surface area contributed by atoms with Crippen LogP contribution >= 0.6 is 23.5 Å².